The Balaban J connectivity index is 1.89. The summed E-state index contributed by atoms with van der Waals surface area (Å²) in [6, 6.07) is 1.68. The van der Waals surface area contributed by atoms with Gasteiger partial charge in [-0.3, -0.25) is 14.3 Å². The molecule has 3 N–H and O–H groups in total. The van der Waals surface area contributed by atoms with E-state index in [4.69, 9.17) is 0 Å². The van der Waals surface area contributed by atoms with E-state index in [1.165, 1.54) is 4.68 Å². The van der Waals surface area contributed by atoms with Gasteiger partial charge in [-0.25, -0.2) is 0 Å². The van der Waals surface area contributed by atoms with E-state index in [0.717, 1.165) is 12.1 Å². The predicted octanol–water partition coefficient (Wildman–Crippen LogP) is 0.192. The van der Waals surface area contributed by atoms with Gasteiger partial charge in [0.15, 0.2) is 0 Å². The van der Waals surface area contributed by atoms with E-state index in [0.29, 0.717) is 12.4 Å². The zero-order valence-corrected chi connectivity index (χ0v) is 12.9. The number of hydrogen-bond acceptors (Lipinski definition) is 4. The van der Waals surface area contributed by atoms with Gasteiger partial charge in [-0.15, -0.1) is 0 Å². The Labute approximate surface area is 123 Å². The van der Waals surface area contributed by atoms with E-state index in [2.05, 4.69) is 15.7 Å². The van der Waals surface area contributed by atoms with Crippen molar-refractivity contribution >= 4 is 17.6 Å². The second-order valence-electron chi connectivity index (χ2n) is 6.43. The van der Waals surface area contributed by atoms with E-state index >= 15 is 0 Å². The highest BCUT2D eigenvalue weighted by atomic mass is 16.3. The van der Waals surface area contributed by atoms with Crippen LogP contribution < -0.4 is 10.6 Å². The molecule has 1 aromatic rings. The fourth-order valence-electron chi connectivity index (χ4n) is 2.66. The highest BCUT2D eigenvalue weighted by molar-refractivity contribution is 6.39. The summed E-state index contributed by atoms with van der Waals surface area (Å²) < 4.78 is 1.50. The molecule has 21 heavy (non-hydrogen) atoms. The molecule has 7 heteroatoms. The molecule has 1 unspecified atom stereocenters. The highest BCUT2D eigenvalue weighted by Crippen LogP contribution is 2.62. The Bertz CT molecular complexity index is 579. The first kappa shape index (κ1) is 15.5. The maximum atomic E-state index is 11.8. The lowest BCUT2D eigenvalue weighted by molar-refractivity contribution is -0.136. The van der Waals surface area contributed by atoms with Gasteiger partial charge in [0.25, 0.3) is 0 Å². The molecule has 0 aromatic carbocycles. The van der Waals surface area contributed by atoms with Crippen molar-refractivity contribution in [1.29, 1.82) is 0 Å². The quantitative estimate of drug-likeness (QED) is 0.691. The number of carbonyl (C=O) groups excluding carboxylic acids is 2. The SMILES string of the molecule is Cc1cc(NC(=O)C(=O)NCC2(CO)CC2(C)C)n(C)n1. The number of aliphatic hydroxyl groups is 1. The standard InChI is InChI=1S/C14H22N4O3/c1-9-5-10(18(4)17-9)16-12(21)11(20)15-7-14(8-19)6-13(14,2)3/h5,19H,6-8H2,1-4H3,(H,15,20)(H,16,21). The van der Waals surface area contributed by atoms with Gasteiger partial charge in [-0.2, -0.15) is 5.10 Å². The zero-order valence-electron chi connectivity index (χ0n) is 12.9. The summed E-state index contributed by atoms with van der Waals surface area (Å²) in [5.41, 5.74) is 0.434. The Morgan fingerprint density at radius 3 is 2.48 bits per heavy atom. The number of hydrogen-bond donors (Lipinski definition) is 3. The average molecular weight is 294 g/mol. The summed E-state index contributed by atoms with van der Waals surface area (Å²) in [6.45, 7) is 6.17. The third-order valence-electron chi connectivity index (χ3n) is 4.43. The zero-order chi connectivity index (χ0) is 15.8. The number of aryl methyl sites for hydroxylation is 2. The van der Waals surface area contributed by atoms with E-state index in [1.807, 2.05) is 13.8 Å². The van der Waals surface area contributed by atoms with Crippen molar-refractivity contribution in [2.45, 2.75) is 27.2 Å². The lowest BCUT2D eigenvalue weighted by Crippen LogP contribution is -2.40. The van der Waals surface area contributed by atoms with Crippen LogP contribution in [0.4, 0.5) is 5.82 Å². The molecule has 1 heterocycles. The molecule has 1 atom stereocenters. The minimum absolute atomic E-state index is 0.00280. The highest BCUT2D eigenvalue weighted by Gasteiger charge is 2.60. The van der Waals surface area contributed by atoms with Gasteiger partial charge in [0.1, 0.15) is 5.82 Å². The molecular weight excluding hydrogens is 272 g/mol. The molecule has 1 aromatic heterocycles. The summed E-state index contributed by atoms with van der Waals surface area (Å²) in [5.74, 6) is -0.967. The Kier molecular flexibility index (Phi) is 3.79. The molecule has 7 nitrogen and oxygen atoms in total. The van der Waals surface area contributed by atoms with Crippen molar-refractivity contribution in [1.82, 2.24) is 15.1 Å². The van der Waals surface area contributed by atoms with Crippen molar-refractivity contribution in [3.05, 3.63) is 11.8 Å². The molecule has 0 bridgehead atoms. The van der Waals surface area contributed by atoms with Crippen molar-refractivity contribution < 1.29 is 14.7 Å². The lowest BCUT2D eigenvalue weighted by atomic mass is 9.97. The molecule has 116 valence electrons. The average Bonchev–Trinajstić information content (AvgIpc) is 2.81. The molecule has 0 spiro atoms. The van der Waals surface area contributed by atoms with Gasteiger partial charge in [-0.05, 0) is 18.8 Å². The van der Waals surface area contributed by atoms with Crippen molar-refractivity contribution in [2.75, 3.05) is 18.5 Å². The number of amides is 2. The number of anilines is 1. The molecule has 0 aliphatic heterocycles. The minimum atomic E-state index is -0.732. The maximum Gasteiger partial charge on any atom is 0.314 e. The molecule has 0 saturated heterocycles. The number of rotatable bonds is 4. The molecule has 1 fully saturated rings. The van der Waals surface area contributed by atoms with Gasteiger partial charge < -0.3 is 15.7 Å². The van der Waals surface area contributed by atoms with Gasteiger partial charge >= 0.3 is 11.8 Å². The van der Waals surface area contributed by atoms with Crippen molar-refractivity contribution in [3.8, 4) is 0 Å². The smallest absolute Gasteiger partial charge is 0.314 e. The van der Waals surface area contributed by atoms with E-state index in [9.17, 15) is 14.7 Å². The minimum Gasteiger partial charge on any atom is -0.396 e. The number of nitrogens with one attached hydrogen (secondary N) is 2. The molecule has 0 radical (unpaired) electrons. The van der Waals surface area contributed by atoms with Crippen LogP contribution in [-0.4, -0.2) is 39.9 Å². The first-order chi connectivity index (χ1) is 9.71. The van der Waals surface area contributed by atoms with Crippen molar-refractivity contribution in [3.63, 3.8) is 0 Å². The number of carbonyl (C=O) groups is 2. The summed E-state index contributed by atoms with van der Waals surface area (Å²) in [5, 5.41) is 18.7. The number of nitrogens with zero attached hydrogens (tertiary/aromatic N) is 2. The third kappa shape index (κ3) is 2.92. The van der Waals surface area contributed by atoms with Gasteiger partial charge in [0, 0.05) is 25.1 Å². The predicted molar refractivity (Wildman–Crippen MR) is 77.5 cm³/mol. The second-order valence-corrected chi connectivity index (χ2v) is 6.43. The Morgan fingerprint density at radius 1 is 1.43 bits per heavy atom. The summed E-state index contributed by atoms with van der Waals surface area (Å²) in [4.78, 5) is 23.7. The fourth-order valence-corrected chi connectivity index (χ4v) is 2.66. The van der Waals surface area contributed by atoms with Crippen LogP contribution in [0.2, 0.25) is 0 Å². The van der Waals surface area contributed by atoms with E-state index in [-0.39, 0.29) is 17.4 Å². The molecule has 1 aliphatic rings. The third-order valence-corrected chi connectivity index (χ3v) is 4.43. The molecule has 1 saturated carbocycles. The Hall–Kier alpha value is -1.89. The lowest BCUT2D eigenvalue weighted by Gasteiger charge is -2.18. The van der Waals surface area contributed by atoms with Crippen LogP contribution >= 0.6 is 0 Å². The van der Waals surface area contributed by atoms with Crippen LogP contribution in [-0.2, 0) is 16.6 Å². The van der Waals surface area contributed by atoms with Crippen LogP contribution in [0.15, 0.2) is 6.07 Å². The first-order valence-electron chi connectivity index (χ1n) is 6.91. The summed E-state index contributed by atoms with van der Waals surface area (Å²) in [7, 11) is 1.69. The molecular formula is C14H22N4O3. The van der Waals surface area contributed by atoms with Crippen LogP contribution in [0.3, 0.4) is 0 Å². The van der Waals surface area contributed by atoms with Gasteiger partial charge in [-0.1, -0.05) is 13.8 Å². The fraction of sp³-hybridized carbons (Fsp3) is 0.643. The van der Waals surface area contributed by atoms with Crippen LogP contribution in [0.1, 0.15) is 26.0 Å². The summed E-state index contributed by atoms with van der Waals surface area (Å²) in [6.07, 6.45) is 0.833. The van der Waals surface area contributed by atoms with Crippen LogP contribution in [0, 0.1) is 17.8 Å². The van der Waals surface area contributed by atoms with Gasteiger partial charge in [0.05, 0.1) is 12.3 Å². The van der Waals surface area contributed by atoms with Crippen LogP contribution in [0.25, 0.3) is 0 Å². The first-order valence-corrected chi connectivity index (χ1v) is 6.91. The molecule has 2 rings (SSSR count). The van der Waals surface area contributed by atoms with Gasteiger partial charge in [0.2, 0.25) is 0 Å². The molecule has 1 aliphatic carbocycles. The van der Waals surface area contributed by atoms with Crippen molar-refractivity contribution in [2.24, 2.45) is 17.9 Å². The monoisotopic (exact) mass is 294 g/mol. The second kappa shape index (κ2) is 5.14. The number of aromatic nitrogens is 2. The number of aliphatic hydroxyl groups excluding tert-OH is 1. The van der Waals surface area contributed by atoms with E-state index in [1.54, 1.807) is 20.0 Å². The normalized spacial score (nSPS) is 22.7. The summed E-state index contributed by atoms with van der Waals surface area (Å²) >= 11 is 0. The molecule has 2 amide bonds. The van der Waals surface area contributed by atoms with Crippen LogP contribution in [0.5, 0.6) is 0 Å². The Morgan fingerprint density at radius 2 is 2.05 bits per heavy atom. The topological polar surface area (TPSA) is 96.3 Å². The van der Waals surface area contributed by atoms with E-state index < -0.39 is 11.8 Å². The maximum absolute atomic E-state index is 11.8. The largest absolute Gasteiger partial charge is 0.396 e.